The first-order valence-corrected chi connectivity index (χ1v) is 4.02. The Kier molecular flexibility index (Phi) is 2.88. The molecule has 12 heavy (non-hydrogen) atoms. The van der Waals surface area contributed by atoms with Crippen molar-refractivity contribution in [3.63, 3.8) is 0 Å². The van der Waals surface area contributed by atoms with E-state index in [4.69, 9.17) is 9.52 Å². The molecule has 0 unspecified atom stereocenters. The third-order valence-corrected chi connectivity index (χ3v) is 1.70. The zero-order valence-electron chi connectivity index (χ0n) is 6.03. The van der Waals surface area contributed by atoms with Gasteiger partial charge in [0.05, 0.1) is 10.9 Å². The van der Waals surface area contributed by atoms with Gasteiger partial charge in [-0.2, -0.15) is 0 Å². The van der Waals surface area contributed by atoms with Crippen molar-refractivity contribution in [3.8, 4) is 0 Å². The van der Waals surface area contributed by atoms with Crippen molar-refractivity contribution < 1.29 is 19.4 Å². The Labute approximate surface area is 76.9 Å². The summed E-state index contributed by atoms with van der Waals surface area (Å²) in [7, 11) is 0. The second-order valence-corrected chi connectivity index (χ2v) is 3.20. The predicted octanol–water partition coefficient (Wildman–Crippen LogP) is 1.55. The molecule has 0 aromatic carbocycles. The van der Waals surface area contributed by atoms with E-state index in [0.29, 0.717) is 4.47 Å². The fourth-order valence-electron chi connectivity index (χ4n) is 0.769. The van der Waals surface area contributed by atoms with E-state index in [2.05, 4.69) is 15.9 Å². The number of furan rings is 1. The molecule has 0 amide bonds. The quantitative estimate of drug-likeness (QED) is 0.833. The fraction of sp³-hybridized carbons (Fsp3) is 0.286. The largest absolute Gasteiger partial charge is 0.481 e. The average molecular weight is 235 g/mol. The SMILES string of the molecule is O=C(O)C[C@H](O)c1cc(Br)co1. The van der Waals surface area contributed by atoms with Gasteiger partial charge in [0, 0.05) is 0 Å². The minimum atomic E-state index is -1.08. The zero-order valence-corrected chi connectivity index (χ0v) is 7.61. The van der Waals surface area contributed by atoms with E-state index in [0.717, 1.165) is 0 Å². The predicted molar refractivity (Wildman–Crippen MR) is 43.6 cm³/mol. The van der Waals surface area contributed by atoms with Crippen molar-refractivity contribution >= 4 is 21.9 Å². The highest BCUT2D eigenvalue weighted by atomic mass is 79.9. The highest BCUT2D eigenvalue weighted by Gasteiger charge is 2.15. The van der Waals surface area contributed by atoms with Gasteiger partial charge in [-0.05, 0) is 22.0 Å². The third-order valence-electron chi connectivity index (χ3n) is 1.28. The summed E-state index contributed by atoms with van der Waals surface area (Å²) in [5.74, 6) is -0.806. The molecule has 0 saturated carbocycles. The number of carboxylic acids is 1. The first-order chi connectivity index (χ1) is 5.59. The second kappa shape index (κ2) is 3.73. The van der Waals surface area contributed by atoms with Crippen LogP contribution in [0.4, 0.5) is 0 Å². The lowest BCUT2D eigenvalue weighted by Gasteiger charge is -2.01. The summed E-state index contributed by atoms with van der Waals surface area (Å²) < 4.78 is 5.55. The minimum absolute atomic E-state index is 0.254. The van der Waals surface area contributed by atoms with E-state index in [9.17, 15) is 9.90 Å². The summed E-state index contributed by atoms with van der Waals surface area (Å²) in [6, 6.07) is 1.54. The Hall–Kier alpha value is -0.810. The van der Waals surface area contributed by atoms with Gasteiger partial charge in [-0.15, -0.1) is 0 Å². The number of carboxylic acid groups (broad SMARTS) is 1. The van der Waals surface area contributed by atoms with Gasteiger partial charge in [0.25, 0.3) is 0 Å². The Morgan fingerprint density at radius 2 is 2.42 bits per heavy atom. The van der Waals surface area contributed by atoms with Crippen molar-refractivity contribution in [2.45, 2.75) is 12.5 Å². The molecule has 1 aromatic heterocycles. The van der Waals surface area contributed by atoms with Gasteiger partial charge in [-0.1, -0.05) is 0 Å². The molecule has 66 valence electrons. The zero-order chi connectivity index (χ0) is 9.14. The van der Waals surface area contributed by atoms with E-state index in [1.807, 2.05) is 0 Å². The maximum Gasteiger partial charge on any atom is 0.306 e. The van der Waals surface area contributed by atoms with Gasteiger partial charge < -0.3 is 14.6 Å². The fourth-order valence-corrected chi connectivity index (χ4v) is 1.09. The van der Waals surface area contributed by atoms with Crippen LogP contribution in [0.5, 0.6) is 0 Å². The summed E-state index contributed by atoms with van der Waals surface area (Å²) in [4.78, 5) is 10.2. The normalized spacial score (nSPS) is 12.8. The lowest BCUT2D eigenvalue weighted by molar-refractivity contribution is -0.139. The van der Waals surface area contributed by atoms with Crippen LogP contribution in [-0.4, -0.2) is 16.2 Å². The van der Waals surface area contributed by atoms with Crippen LogP contribution in [0, 0.1) is 0 Å². The van der Waals surface area contributed by atoms with Crippen LogP contribution in [0.15, 0.2) is 21.2 Å². The number of aliphatic carboxylic acids is 1. The lowest BCUT2D eigenvalue weighted by atomic mass is 10.2. The Morgan fingerprint density at radius 1 is 1.75 bits per heavy atom. The molecular weight excluding hydrogens is 228 g/mol. The van der Waals surface area contributed by atoms with Crippen LogP contribution in [0.25, 0.3) is 0 Å². The Balaban J connectivity index is 2.64. The van der Waals surface area contributed by atoms with Gasteiger partial charge in [0.15, 0.2) is 0 Å². The van der Waals surface area contributed by atoms with Crippen LogP contribution in [0.1, 0.15) is 18.3 Å². The van der Waals surface area contributed by atoms with Crippen molar-refractivity contribution in [2.75, 3.05) is 0 Å². The van der Waals surface area contributed by atoms with Gasteiger partial charge >= 0.3 is 5.97 Å². The van der Waals surface area contributed by atoms with Gasteiger partial charge in [-0.25, -0.2) is 0 Å². The van der Waals surface area contributed by atoms with Crippen LogP contribution in [-0.2, 0) is 4.79 Å². The Bertz CT molecular complexity index is 281. The average Bonchev–Trinajstić information content (AvgIpc) is 2.34. The molecule has 4 nitrogen and oxygen atoms in total. The van der Waals surface area contributed by atoms with Crippen molar-refractivity contribution in [1.82, 2.24) is 0 Å². The Morgan fingerprint density at radius 3 is 2.83 bits per heavy atom. The van der Waals surface area contributed by atoms with E-state index in [1.54, 1.807) is 0 Å². The topological polar surface area (TPSA) is 70.7 Å². The molecule has 1 atom stereocenters. The number of hydrogen-bond donors (Lipinski definition) is 2. The molecule has 2 N–H and O–H groups in total. The first kappa shape index (κ1) is 9.28. The monoisotopic (exact) mass is 234 g/mol. The molecule has 0 fully saturated rings. The van der Waals surface area contributed by atoms with Crippen molar-refractivity contribution in [2.24, 2.45) is 0 Å². The molecule has 5 heteroatoms. The molecule has 0 aliphatic carbocycles. The smallest absolute Gasteiger partial charge is 0.306 e. The van der Waals surface area contributed by atoms with Crippen LogP contribution >= 0.6 is 15.9 Å². The van der Waals surface area contributed by atoms with Crippen molar-refractivity contribution in [1.29, 1.82) is 0 Å². The highest BCUT2D eigenvalue weighted by molar-refractivity contribution is 9.10. The number of carbonyl (C=O) groups is 1. The van der Waals surface area contributed by atoms with E-state index in [-0.39, 0.29) is 12.2 Å². The molecule has 0 bridgehead atoms. The van der Waals surface area contributed by atoms with Crippen molar-refractivity contribution in [3.05, 3.63) is 22.6 Å². The molecule has 0 radical (unpaired) electrons. The standard InChI is InChI=1S/C7H7BrO4/c8-4-1-6(12-3-4)5(9)2-7(10)11/h1,3,5,9H,2H2,(H,10,11)/t5-/m0/s1. The summed E-state index contributed by atoms with van der Waals surface area (Å²) in [6.07, 6.45) is -0.0332. The summed E-state index contributed by atoms with van der Waals surface area (Å²) in [5, 5.41) is 17.5. The van der Waals surface area contributed by atoms with Crippen LogP contribution in [0.3, 0.4) is 0 Å². The molecule has 1 aromatic rings. The lowest BCUT2D eigenvalue weighted by Crippen LogP contribution is -2.04. The minimum Gasteiger partial charge on any atom is -0.481 e. The number of hydrogen-bond acceptors (Lipinski definition) is 3. The third kappa shape index (κ3) is 2.35. The highest BCUT2D eigenvalue weighted by Crippen LogP contribution is 2.22. The van der Waals surface area contributed by atoms with Gasteiger partial charge in [-0.3, -0.25) is 4.79 Å². The molecule has 1 rings (SSSR count). The van der Waals surface area contributed by atoms with E-state index >= 15 is 0 Å². The van der Waals surface area contributed by atoms with Crippen LogP contribution < -0.4 is 0 Å². The second-order valence-electron chi connectivity index (χ2n) is 2.28. The molecule has 0 aliphatic heterocycles. The summed E-state index contributed by atoms with van der Waals surface area (Å²) >= 11 is 3.11. The molecule has 0 spiro atoms. The number of aliphatic hydroxyl groups is 1. The van der Waals surface area contributed by atoms with Gasteiger partial charge in [0.2, 0.25) is 0 Å². The molecular formula is C7H7BrO4. The molecule has 0 aliphatic rings. The molecule has 0 saturated heterocycles. The number of rotatable bonds is 3. The molecule has 1 heterocycles. The summed E-state index contributed by atoms with van der Waals surface area (Å²) in [5.41, 5.74) is 0. The number of aliphatic hydroxyl groups excluding tert-OH is 1. The van der Waals surface area contributed by atoms with Gasteiger partial charge in [0.1, 0.15) is 18.1 Å². The van der Waals surface area contributed by atoms with E-state index in [1.165, 1.54) is 12.3 Å². The summed E-state index contributed by atoms with van der Waals surface area (Å²) in [6.45, 7) is 0. The maximum atomic E-state index is 10.2. The maximum absolute atomic E-state index is 10.2. The first-order valence-electron chi connectivity index (χ1n) is 3.23. The number of halogens is 1. The van der Waals surface area contributed by atoms with Crippen LogP contribution in [0.2, 0.25) is 0 Å². The van der Waals surface area contributed by atoms with E-state index < -0.39 is 12.1 Å².